The Labute approximate surface area is 191 Å². The van der Waals surface area contributed by atoms with Gasteiger partial charge in [0.15, 0.2) is 13.7 Å². The van der Waals surface area contributed by atoms with Gasteiger partial charge in [-0.15, -0.1) is 24.8 Å². The molecule has 2 heterocycles. The minimum absolute atomic E-state index is 0. The molecule has 0 aliphatic heterocycles. The van der Waals surface area contributed by atoms with Crippen molar-refractivity contribution in [2.45, 2.75) is 26.7 Å². The summed E-state index contributed by atoms with van der Waals surface area (Å²) in [5.74, 6) is -1.44. The van der Waals surface area contributed by atoms with Crippen LogP contribution in [-0.2, 0) is 22.3 Å². The molecule has 13 nitrogen and oxygen atoms in total. The van der Waals surface area contributed by atoms with Gasteiger partial charge >= 0.3 is 11.9 Å². The van der Waals surface area contributed by atoms with Gasteiger partial charge in [-0.05, 0) is 24.2 Å². The van der Waals surface area contributed by atoms with Gasteiger partial charge in [0.1, 0.15) is 0 Å². The van der Waals surface area contributed by atoms with E-state index in [0.717, 1.165) is 0 Å². The van der Waals surface area contributed by atoms with Gasteiger partial charge in [0.05, 0.1) is 13.2 Å². The highest BCUT2D eigenvalue weighted by Gasteiger charge is 2.15. The number of esters is 2. The summed E-state index contributed by atoms with van der Waals surface area (Å²) < 4.78 is 18.8. The quantitative estimate of drug-likeness (QED) is 0.368. The molecular weight excluding hydrogens is 458 g/mol. The van der Waals surface area contributed by atoms with Crippen LogP contribution in [0.5, 0.6) is 0 Å². The summed E-state index contributed by atoms with van der Waals surface area (Å²) in [6.45, 7) is 4.59. The lowest BCUT2D eigenvalue weighted by Crippen LogP contribution is -2.23. The summed E-state index contributed by atoms with van der Waals surface area (Å²) >= 11 is 0. The van der Waals surface area contributed by atoms with E-state index in [1.54, 1.807) is 13.8 Å². The molecule has 3 N–H and O–H groups in total. The number of aromatic nitrogens is 4. The molecule has 172 valence electrons. The van der Waals surface area contributed by atoms with Crippen LogP contribution in [0.4, 0.5) is 4.79 Å². The molecule has 0 saturated carbocycles. The third-order valence-electron chi connectivity index (χ3n) is 2.85. The molecule has 16 heteroatoms. The van der Waals surface area contributed by atoms with Gasteiger partial charge < -0.3 is 29.6 Å². The first-order valence-electron chi connectivity index (χ1n) is 8.63. The largest absolute Gasteiger partial charge is 0.460 e. The minimum atomic E-state index is -0.639. The topological polar surface area (TPSA) is 186 Å². The second-order valence-corrected chi connectivity index (χ2v) is 5.04. The molecule has 0 atom stereocenters. The van der Waals surface area contributed by atoms with Gasteiger partial charge in [-0.2, -0.15) is 9.97 Å². The maximum Gasteiger partial charge on any atom is 0.379 e. The Morgan fingerprint density at radius 3 is 1.77 bits per heavy atom. The number of amides is 1. The number of hydrogen-bond acceptors (Lipinski definition) is 12. The van der Waals surface area contributed by atoms with Crippen LogP contribution in [0.25, 0.3) is 0 Å². The van der Waals surface area contributed by atoms with Crippen LogP contribution < -0.4 is 11.1 Å². The average Bonchev–Trinajstić information content (AvgIpc) is 3.33. The van der Waals surface area contributed by atoms with E-state index in [9.17, 15) is 14.4 Å². The Bertz CT molecular complexity index is 804. The van der Waals surface area contributed by atoms with E-state index in [0.29, 0.717) is 31.9 Å². The third kappa shape index (κ3) is 11.9. The summed E-state index contributed by atoms with van der Waals surface area (Å²) in [6.07, 6.45) is 0.766. The minimum Gasteiger partial charge on any atom is -0.460 e. The number of hydrogen-bond donors (Lipinski definition) is 2. The summed E-state index contributed by atoms with van der Waals surface area (Å²) in [5, 5.41) is 9.22. The maximum atomic E-state index is 11.1. The zero-order valence-corrected chi connectivity index (χ0v) is 18.5. The normalized spacial score (nSPS) is 9.26. The van der Waals surface area contributed by atoms with Crippen molar-refractivity contribution in [2.75, 3.05) is 26.3 Å². The van der Waals surface area contributed by atoms with E-state index >= 15 is 0 Å². The highest BCUT2D eigenvalue weighted by molar-refractivity contribution is 6.57. The van der Waals surface area contributed by atoms with Gasteiger partial charge in [-0.25, -0.2) is 9.59 Å². The highest BCUT2D eigenvalue weighted by Crippen LogP contribution is 2.00. The Morgan fingerprint density at radius 1 is 0.935 bits per heavy atom. The first kappa shape index (κ1) is 30.5. The number of nitrogens with one attached hydrogen (secondary N) is 1. The molecule has 0 saturated heterocycles. The predicted molar refractivity (Wildman–Crippen MR) is 111 cm³/mol. The fourth-order valence-electron chi connectivity index (χ4n) is 1.69. The molecule has 2 aromatic rings. The maximum absolute atomic E-state index is 11.1. The molecule has 0 bridgehead atoms. The number of carbonyl (C=O) groups is 3. The van der Waals surface area contributed by atoms with Crippen molar-refractivity contribution < 1.29 is 32.9 Å². The van der Waals surface area contributed by atoms with E-state index in [4.69, 9.17) is 22.6 Å². The second kappa shape index (κ2) is 17.0. The smallest absolute Gasteiger partial charge is 0.379 e. The number of nitrogens with zero attached hydrogens (tertiary/aromatic N) is 4. The Kier molecular flexibility index (Phi) is 16.7. The molecule has 0 aliphatic rings. The number of nitrogens with two attached hydrogens (primary N) is 1. The standard InChI is InChI=1S/C8H10BN3O4.C7H11N3O3.2ClH/c1-2-15-7(13)6-11-5(16-12-6)3-4-10-8(9)14;1-2-12-7(11)6-9-5(3-4-8)13-10-6;;/h2-4H2,1H3,(H,10,14);2-4,8H2,1H3;2*1H. The first-order valence-corrected chi connectivity index (χ1v) is 8.63. The second-order valence-electron chi connectivity index (χ2n) is 5.04. The lowest BCUT2D eigenvalue weighted by molar-refractivity contribution is 0.0499. The SMILES string of the molecule is CCOC(=O)c1noc(CCN)n1.Cl.Cl.[B]C(=O)NCCc1nc(C(=O)OCC)no1. The molecule has 0 unspecified atom stereocenters. The van der Waals surface area contributed by atoms with Crippen molar-refractivity contribution in [1.82, 2.24) is 25.6 Å². The fourth-order valence-corrected chi connectivity index (χ4v) is 1.69. The van der Waals surface area contributed by atoms with E-state index < -0.39 is 17.7 Å². The molecule has 0 spiro atoms. The van der Waals surface area contributed by atoms with Crippen molar-refractivity contribution in [3.8, 4) is 0 Å². The van der Waals surface area contributed by atoms with Crippen LogP contribution in [-0.4, -0.2) is 72.2 Å². The predicted octanol–water partition coefficient (Wildman–Crippen LogP) is 0.258. The van der Waals surface area contributed by atoms with Gasteiger partial charge in [-0.3, -0.25) is 4.79 Å². The zero-order chi connectivity index (χ0) is 21.6. The Morgan fingerprint density at radius 2 is 1.39 bits per heavy atom. The summed E-state index contributed by atoms with van der Waals surface area (Å²) in [6, 6.07) is 0. The molecule has 31 heavy (non-hydrogen) atoms. The molecule has 2 aromatic heterocycles. The van der Waals surface area contributed by atoms with E-state index in [2.05, 4.69) is 35.1 Å². The van der Waals surface area contributed by atoms with Gasteiger partial charge in [0.2, 0.25) is 11.8 Å². The highest BCUT2D eigenvalue weighted by atomic mass is 35.5. The Hall–Kier alpha value is -2.71. The zero-order valence-electron chi connectivity index (χ0n) is 16.9. The van der Waals surface area contributed by atoms with Gasteiger partial charge in [-0.1, -0.05) is 0 Å². The summed E-state index contributed by atoms with van der Waals surface area (Å²) in [5.41, 5.74) is 5.26. The lowest BCUT2D eigenvalue weighted by atomic mass is 10.1. The lowest BCUT2D eigenvalue weighted by Gasteiger charge is -1.97. The van der Waals surface area contributed by atoms with Crippen molar-refractivity contribution in [1.29, 1.82) is 0 Å². The van der Waals surface area contributed by atoms with Crippen molar-refractivity contribution in [3.05, 3.63) is 23.4 Å². The Balaban J connectivity index is 0. The number of carbonyl (C=O) groups excluding carboxylic acids is 3. The van der Waals surface area contributed by atoms with Crippen molar-refractivity contribution >= 4 is 50.4 Å². The number of halogens is 2. The van der Waals surface area contributed by atoms with Gasteiger partial charge in [0, 0.05) is 25.9 Å². The summed E-state index contributed by atoms with van der Waals surface area (Å²) in [4.78, 5) is 40.1. The van der Waals surface area contributed by atoms with Crippen LogP contribution in [0.1, 0.15) is 46.9 Å². The average molecular weight is 481 g/mol. The molecule has 0 aromatic carbocycles. The van der Waals surface area contributed by atoms with E-state index in [1.807, 2.05) is 0 Å². The fraction of sp³-hybridized carbons (Fsp3) is 0.533. The van der Waals surface area contributed by atoms with Crippen molar-refractivity contribution in [3.63, 3.8) is 0 Å². The van der Waals surface area contributed by atoms with Gasteiger partial charge in [0.25, 0.3) is 11.6 Å². The summed E-state index contributed by atoms with van der Waals surface area (Å²) in [7, 11) is 4.86. The van der Waals surface area contributed by atoms with Crippen LogP contribution in [0.3, 0.4) is 0 Å². The molecule has 2 rings (SSSR count). The first-order chi connectivity index (χ1) is 13.9. The van der Waals surface area contributed by atoms with Crippen LogP contribution in [0, 0.1) is 0 Å². The molecule has 2 radical (unpaired) electrons. The van der Waals surface area contributed by atoms with Crippen LogP contribution >= 0.6 is 24.8 Å². The monoisotopic (exact) mass is 480 g/mol. The molecule has 1 amide bonds. The van der Waals surface area contributed by atoms with Crippen LogP contribution in [0.15, 0.2) is 9.05 Å². The van der Waals surface area contributed by atoms with Crippen LogP contribution in [0.2, 0.25) is 0 Å². The van der Waals surface area contributed by atoms with E-state index in [-0.39, 0.29) is 55.5 Å². The molecular formula is C15H23BCl2N6O7. The molecule has 0 fully saturated rings. The third-order valence-corrected chi connectivity index (χ3v) is 2.85. The van der Waals surface area contributed by atoms with Crippen molar-refractivity contribution in [2.24, 2.45) is 5.73 Å². The number of ether oxygens (including phenoxy) is 2. The van der Waals surface area contributed by atoms with E-state index in [1.165, 1.54) is 0 Å². The molecule has 0 aliphatic carbocycles. The number of rotatable bonds is 9.